The highest BCUT2D eigenvalue weighted by molar-refractivity contribution is 5.81. The molecule has 1 unspecified atom stereocenters. The Hall–Kier alpha value is -3.35. The molecule has 0 saturated carbocycles. The molecule has 3 rings (SSSR count). The molecule has 0 aliphatic heterocycles. The van der Waals surface area contributed by atoms with E-state index in [0.29, 0.717) is 6.42 Å². The van der Waals surface area contributed by atoms with Gasteiger partial charge in [-0.3, -0.25) is 9.59 Å². The average molecular weight is 453 g/mol. The molecule has 3 N–H and O–H groups in total. The molecule has 7 nitrogen and oxygen atoms in total. The summed E-state index contributed by atoms with van der Waals surface area (Å²) in [6, 6.07) is 15.8. The number of carboxylic acids is 1. The number of aliphatic carboxylic acids is 1. The number of nitrogens with one attached hydrogen (secondary N) is 2. The lowest BCUT2D eigenvalue weighted by Crippen LogP contribution is -2.43. The van der Waals surface area contributed by atoms with E-state index in [9.17, 15) is 14.4 Å². The number of carbonyl (C=O) groups excluding carboxylic acids is 2. The number of alkyl carbamates (subject to hydrolysis) is 1. The van der Waals surface area contributed by atoms with Crippen molar-refractivity contribution in [3.8, 4) is 11.1 Å². The summed E-state index contributed by atoms with van der Waals surface area (Å²) in [7, 11) is 0. The minimum absolute atomic E-state index is 0.0326. The first-order valence-electron chi connectivity index (χ1n) is 11.4. The molecule has 0 aromatic heterocycles. The van der Waals surface area contributed by atoms with E-state index in [2.05, 4.69) is 34.9 Å². The number of fused-ring (bicyclic) bond motifs is 3. The van der Waals surface area contributed by atoms with Crippen molar-refractivity contribution in [2.75, 3.05) is 13.2 Å². The Balaban J connectivity index is 1.57. The molecule has 0 saturated heterocycles. The van der Waals surface area contributed by atoms with Crippen LogP contribution in [0.15, 0.2) is 48.5 Å². The van der Waals surface area contributed by atoms with E-state index in [1.807, 2.05) is 38.1 Å². The summed E-state index contributed by atoms with van der Waals surface area (Å²) in [5, 5.41) is 14.3. The number of rotatable bonds is 10. The molecule has 1 aliphatic rings. The summed E-state index contributed by atoms with van der Waals surface area (Å²) < 4.78 is 5.55. The second kappa shape index (κ2) is 11.0. The molecular formula is C26H32N2O5. The van der Waals surface area contributed by atoms with E-state index < -0.39 is 24.0 Å². The van der Waals surface area contributed by atoms with Gasteiger partial charge in [0.1, 0.15) is 6.61 Å². The molecule has 2 aromatic carbocycles. The smallest absolute Gasteiger partial charge is 0.407 e. The predicted octanol–water partition coefficient (Wildman–Crippen LogP) is 4.17. The van der Waals surface area contributed by atoms with Crippen LogP contribution in [0.4, 0.5) is 4.79 Å². The molecular weight excluding hydrogens is 420 g/mol. The topological polar surface area (TPSA) is 105 Å². The number of hydrogen-bond acceptors (Lipinski definition) is 4. The molecule has 0 heterocycles. The van der Waals surface area contributed by atoms with Crippen molar-refractivity contribution in [3.63, 3.8) is 0 Å². The van der Waals surface area contributed by atoms with Crippen LogP contribution in [0.3, 0.4) is 0 Å². The SMILES string of the molecule is CC(C)CC(CNC(=O)OCC1c2ccccc2-c2ccccc21)C(=O)N[C@H](C)CC(=O)O. The quantitative estimate of drug-likeness (QED) is 0.502. The predicted molar refractivity (Wildman–Crippen MR) is 126 cm³/mol. The van der Waals surface area contributed by atoms with Crippen LogP contribution in [-0.4, -0.2) is 42.3 Å². The van der Waals surface area contributed by atoms with Crippen LogP contribution < -0.4 is 10.6 Å². The Kier molecular flexibility index (Phi) is 8.09. The van der Waals surface area contributed by atoms with E-state index in [1.165, 1.54) is 0 Å². The molecule has 0 bridgehead atoms. The van der Waals surface area contributed by atoms with Crippen molar-refractivity contribution < 1.29 is 24.2 Å². The van der Waals surface area contributed by atoms with Gasteiger partial charge in [0.25, 0.3) is 0 Å². The van der Waals surface area contributed by atoms with Crippen molar-refractivity contribution in [1.82, 2.24) is 10.6 Å². The van der Waals surface area contributed by atoms with Gasteiger partial charge in [-0.25, -0.2) is 4.79 Å². The van der Waals surface area contributed by atoms with Gasteiger partial charge in [0.2, 0.25) is 5.91 Å². The zero-order valence-corrected chi connectivity index (χ0v) is 19.3. The van der Waals surface area contributed by atoms with Gasteiger partial charge in [0.05, 0.1) is 12.3 Å². The third-order valence-corrected chi connectivity index (χ3v) is 5.83. The van der Waals surface area contributed by atoms with Gasteiger partial charge in [0.15, 0.2) is 0 Å². The van der Waals surface area contributed by atoms with Crippen LogP contribution in [0.2, 0.25) is 0 Å². The first-order chi connectivity index (χ1) is 15.8. The minimum Gasteiger partial charge on any atom is -0.481 e. The fourth-order valence-corrected chi connectivity index (χ4v) is 4.38. The molecule has 0 fully saturated rings. The number of carbonyl (C=O) groups is 3. The van der Waals surface area contributed by atoms with Gasteiger partial charge < -0.3 is 20.5 Å². The minimum atomic E-state index is -0.972. The molecule has 0 radical (unpaired) electrons. The Morgan fingerprint density at radius 2 is 1.55 bits per heavy atom. The van der Waals surface area contributed by atoms with Crippen LogP contribution in [0.25, 0.3) is 11.1 Å². The summed E-state index contributed by atoms with van der Waals surface area (Å²) in [5.41, 5.74) is 4.59. The lowest BCUT2D eigenvalue weighted by atomic mass is 9.95. The van der Waals surface area contributed by atoms with Gasteiger partial charge in [-0.05, 0) is 41.5 Å². The maximum atomic E-state index is 12.6. The van der Waals surface area contributed by atoms with Crippen molar-refractivity contribution in [3.05, 3.63) is 59.7 Å². The van der Waals surface area contributed by atoms with Crippen LogP contribution in [0.1, 0.15) is 50.7 Å². The van der Waals surface area contributed by atoms with E-state index in [4.69, 9.17) is 9.84 Å². The number of hydrogen-bond donors (Lipinski definition) is 3. The fraction of sp³-hybridized carbons (Fsp3) is 0.423. The monoisotopic (exact) mass is 452 g/mol. The highest BCUT2D eigenvalue weighted by atomic mass is 16.5. The molecule has 1 aliphatic carbocycles. The third kappa shape index (κ3) is 6.34. The second-order valence-electron chi connectivity index (χ2n) is 9.04. The zero-order valence-electron chi connectivity index (χ0n) is 19.3. The number of benzene rings is 2. The summed E-state index contributed by atoms with van der Waals surface area (Å²) in [5.74, 6) is -1.51. The summed E-state index contributed by atoms with van der Waals surface area (Å²) in [6.07, 6.45) is -0.160. The average Bonchev–Trinajstić information content (AvgIpc) is 3.08. The Morgan fingerprint density at radius 1 is 0.970 bits per heavy atom. The second-order valence-corrected chi connectivity index (χ2v) is 9.04. The number of ether oxygens (including phenoxy) is 1. The molecule has 7 heteroatoms. The van der Waals surface area contributed by atoms with Crippen molar-refractivity contribution in [2.45, 2.75) is 45.6 Å². The first kappa shape index (κ1) is 24.3. The van der Waals surface area contributed by atoms with Crippen LogP contribution in [0.5, 0.6) is 0 Å². The van der Waals surface area contributed by atoms with Gasteiger partial charge in [-0.15, -0.1) is 0 Å². The standard InChI is InChI=1S/C26H32N2O5/c1-16(2)12-18(25(31)28-17(3)13-24(29)30)14-27-26(32)33-15-23-21-10-6-4-8-19(21)20-9-5-7-11-22(20)23/h4-11,16-18,23H,12-15H2,1-3H3,(H,27,32)(H,28,31)(H,29,30)/t17-,18?/m1/s1. The van der Waals surface area contributed by atoms with Crippen LogP contribution in [-0.2, 0) is 14.3 Å². The summed E-state index contributed by atoms with van der Waals surface area (Å²) in [6.45, 7) is 5.97. The molecule has 0 spiro atoms. The summed E-state index contributed by atoms with van der Waals surface area (Å²) in [4.78, 5) is 36.0. The highest BCUT2D eigenvalue weighted by Crippen LogP contribution is 2.44. The molecule has 2 aromatic rings. The first-order valence-corrected chi connectivity index (χ1v) is 11.4. The number of carboxylic acid groups (broad SMARTS) is 1. The Morgan fingerprint density at radius 3 is 2.09 bits per heavy atom. The summed E-state index contributed by atoms with van der Waals surface area (Å²) >= 11 is 0. The maximum absolute atomic E-state index is 12.6. The largest absolute Gasteiger partial charge is 0.481 e. The highest BCUT2D eigenvalue weighted by Gasteiger charge is 2.29. The maximum Gasteiger partial charge on any atom is 0.407 e. The molecule has 2 atom stereocenters. The van der Waals surface area contributed by atoms with E-state index >= 15 is 0 Å². The van der Waals surface area contributed by atoms with Crippen molar-refractivity contribution >= 4 is 18.0 Å². The lowest BCUT2D eigenvalue weighted by Gasteiger charge is -2.21. The van der Waals surface area contributed by atoms with Crippen molar-refractivity contribution in [2.24, 2.45) is 11.8 Å². The Labute approximate surface area is 194 Å². The molecule has 2 amide bonds. The van der Waals surface area contributed by atoms with Crippen LogP contribution in [0, 0.1) is 11.8 Å². The Bertz CT molecular complexity index is 958. The fourth-order valence-electron chi connectivity index (χ4n) is 4.38. The third-order valence-electron chi connectivity index (χ3n) is 5.83. The molecule has 176 valence electrons. The van der Waals surface area contributed by atoms with E-state index in [1.54, 1.807) is 6.92 Å². The zero-order chi connectivity index (χ0) is 24.0. The van der Waals surface area contributed by atoms with Gasteiger partial charge in [-0.2, -0.15) is 0 Å². The number of amides is 2. The lowest BCUT2D eigenvalue weighted by molar-refractivity contribution is -0.137. The van der Waals surface area contributed by atoms with E-state index in [0.717, 1.165) is 22.3 Å². The van der Waals surface area contributed by atoms with Gasteiger partial charge in [0, 0.05) is 18.5 Å². The molecule has 33 heavy (non-hydrogen) atoms. The van der Waals surface area contributed by atoms with Crippen LogP contribution >= 0.6 is 0 Å². The van der Waals surface area contributed by atoms with Crippen molar-refractivity contribution in [1.29, 1.82) is 0 Å². The van der Waals surface area contributed by atoms with Gasteiger partial charge in [-0.1, -0.05) is 62.4 Å². The van der Waals surface area contributed by atoms with E-state index in [-0.39, 0.29) is 37.3 Å². The van der Waals surface area contributed by atoms with Gasteiger partial charge >= 0.3 is 12.1 Å². The normalized spacial score (nSPS) is 14.2.